The zero-order valence-electron chi connectivity index (χ0n) is 8.69. The van der Waals surface area contributed by atoms with Gasteiger partial charge in [-0.2, -0.15) is 5.10 Å². The molecule has 0 radical (unpaired) electrons. The molecule has 1 aromatic carbocycles. The number of hydrogen-bond donors (Lipinski definition) is 1. The molecule has 0 aliphatic carbocycles. The second-order valence-corrected chi connectivity index (χ2v) is 5.33. The molecule has 0 amide bonds. The molecule has 1 aromatic heterocycles. The third kappa shape index (κ3) is 2.36. The Morgan fingerprint density at radius 3 is 2.69 bits per heavy atom. The minimum Gasteiger partial charge on any atom is -0.319 e. The molecular formula is C11H11Br2N3. The van der Waals surface area contributed by atoms with Crippen LogP contribution in [0.15, 0.2) is 39.4 Å². The van der Waals surface area contributed by atoms with E-state index in [1.807, 2.05) is 37.5 Å². The van der Waals surface area contributed by atoms with Gasteiger partial charge in [-0.25, -0.2) is 0 Å². The van der Waals surface area contributed by atoms with Crippen molar-refractivity contribution < 1.29 is 0 Å². The number of hydrogen-bond acceptors (Lipinski definition) is 2. The van der Waals surface area contributed by atoms with Crippen LogP contribution in [0.5, 0.6) is 0 Å². The van der Waals surface area contributed by atoms with Crippen LogP contribution in [-0.4, -0.2) is 9.78 Å². The van der Waals surface area contributed by atoms with Gasteiger partial charge in [-0.1, -0.05) is 31.9 Å². The lowest BCUT2D eigenvalue weighted by molar-refractivity contribution is 0.714. The summed E-state index contributed by atoms with van der Waals surface area (Å²) in [5, 5.41) is 4.31. The van der Waals surface area contributed by atoms with Crippen LogP contribution >= 0.6 is 31.9 Å². The molecule has 1 heterocycles. The van der Waals surface area contributed by atoms with E-state index in [0.717, 1.165) is 20.2 Å². The summed E-state index contributed by atoms with van der Waals surface area (Å²) in [5.41, 5.74) is 8.06. The van der Waals surface area contributed by atoms with E-state index in [4.69, 9.17) is 5.73 Å². The fraction of sp³-hybridized carbons (Fsp3) is 0.182. The molecular weight excluding hydrogens is 334 g/mol. The highest BCUT2D eigenvalue weighted by Gasteiger charge is 2.14. The van der Waals surface area contributed by atoms with Crippen LogP contribution in [-0.2, 0) is 7.05 Å². The number of aryl methyl sites for hydroxylation is 1. The first-order valence-corrected chi connectivity index (χ1v) is 6.36. The average Bonchev–Trinajstić information content (AvgIpc) is 2.67. The fourth-order valence-electron chi connectivity index (χ4n) is 1.51. The van der Waals surface area contributed by atoms with Gasteiger partial charge in [0.1, 0.15) is 0 Å². The molecule has 0 spiro atoms. The van der Waals surface area contributed by atoms with Crippen molar-refractivity contribution in [1.82, 2.24) is 9.78 Å². The molecule has 0 bridgehead atoms. The molecule has 0 fully saturated rings. The maximum atomic E-state index is 6.17. The lowest BCUT2D eigenvalue weighted by Gasteiger charge is -2.11. The molecule has 0 aliphatic heterocycles. The zero-order chi connectivity index (χ0) is 11.7. The van der Waals surface area contributed by atoms with Crippen molar-refractivity contribution in [2.24, 2.45) is 12.8 Å². The summed E-state index contributed by atoms with van der Waals surface area (Å²) in [6.07, 6.45) is 1.89. The van der Waals surface area contributed by atoms with E-state index in [0.29, 0.717) is 0 Å². The van der Waals surface area contributed by atoms with Gasteiger partial charge in [0.05, 0.1) is 11.7 Å². The van der Waals surface area contributed by atoms with Gasteiger partial charge in [0.25, 0.3) is 0 Å². The highest BCUT2D eigenvalue weighted by atomic mass is 79.9. The van der Waals surface area contributed by atoms with Crippen LogP contribution in [0.1, 0.15) is 17.3 Å². The summed E-state index contributed by atoms with van der Waals surface area (Å²) < 4.78 is 3.76. The van der Waals surface area contributed by atoms with Crippen LogP contribution in [0.4, 0.5) is 0 Å². The molecule has 1 unspecified atom stereocenters. The van der Waals surface area contributed by atoms with E-state index in [1.165, 1.54) is 0 Å². The van der Waals surface area contributed by atoms with Crippen molar-refractivity contribution in [1.29, 1.82) is 0 Å². The molecule has 2 rings (SSSR count). The number of benzene rings is 1. The van der Waals surface area contributed by atoms with Crippen LogP contribution in [0.3, 0.4) is 0 Å². The molecule has 0 saturated heterocycles. The van der Waals surface area contributed by atoms with Crippen LogP contribution in [0.25, 0.3) is 0 Å². The third-order valence-corrected chi connectivity index (χ3v) is 3.56. The van der Waals surface area contributed by atoms with E-state index in [1.54, 1.807) is 4.68 Å². The summed E-state index contributed by atoms with van der Waals surface area (Å²) >= 11 is 6.94. The van der Waals surface area contributed by atoms with Gasteiger partial charge in [-0.05, 0) is 29.8 Å². The smallest absolute Gasteiger partial charge is 0.0837 e. The molecule has 5 heteroatoms. The molecule has 1 atom stereocenters. The van der Waals surface area contributed by atoms with Gasteiger partial charge in [-0.15, -0.1) is 0 Å². The monoisotopic (exact) mass is 343 g/mol. The predicted octanol–water partition coefficient (Wildman–Crippen LogP) is 2.99. The SMILES string of the molecule is Cn1ccc(C(N)c2cc(Br)ccc2Br)n1. The number of nitrogens with zero attached hydrogens (tertiary/aromatic N) is 2. The largest absolute Gasteiger partial charge is 0.319 e. The van der Waals surface area contributed by atoms with Crippen LogP contribution in [0, 0.1) is 0 Å². The Hall–Kier alpha value is -0.650. The average molecular weight is 345 g/mol. The van der Waals surface area contributed by atoms with E-state index in [-0.39, 0.29) is 6.04 Å². The Labute approximate surface area is 111 Å². The Morgan fingerprint density at radius 2 is 2.06 bits per heavy atom. The minimum absolute atomic E-state index is 0.215. The second kappa shape index (κ2) is 4.69. The molecule has 16 heavy (non-hydrogen) atoms. The number of aromatic nitrogens is 2. The van der Waals surface area contributed by atoms with Gasteiger partial charge in [-0.3, -0.25) is 4.68 Å². The van der Waals surface area contributed by atoms with E-state index >= 15 is 0 Å². The van der Waals surface area contributed by atoms with Gasteiger partial charge in [0, 0.05) is 22.2 Å². The number of nitrogens with two attached hydrogens (primary N) is 1. The maximum absolute atomic E-state index is 6.17. The molecule has 2 N–H and O–H groups in total. The highest BCUT2D eigenvalue weighted by Crippen LogP contribution is 2.28. The van der Waals surface area contributed by atoms with Crippen molar-refractivity contribution in [2.45, 2.75) is 6.04 Å². The Morgan fingerprint density at radius 1 is 1.31 bits per heavy atom. The standard InChI is InChI=1S/C11H11Br2N3/c1-16-5-4-10(15-16)11(14)8-6-7(12)2-3-9(8)13/h2-6,11H,14H2,1H3. The summed E-state index contributed by atoms with van der Waals surface area (Å²) in [6, 6.07) is 7.66. The normalized spacial score (nSPS) is 12.8. The van der Waals surface area contributed by atoms with Crippen molar-refractivity contribution in [2.75, 3.05) is 0 Å². The van der Waals surface area contributed by atoms with Gasteiger partial charge < -0.3 is 5.73 Å². The van der Waals surface area contributed by atoms with Gasteiger partial charge in [0.15, 0.2) is 0 Å². The molecule has 0 saturated carbocycles. The maximum Gasteiger partial charge on any atom is 0.0837 e. The second-order valence-electron chi connectivity index (χ2n) is 3.56. The lowest BCUT2D eigenvalue weighted by Crippen LogP contribution is -2.13. The first kappa shape index (κ1) is 11.8. The quantitative estimate of drug-likeness (QED) is 0.910. The van der Waals surface area contributed by atoms with Gasteiger partial charge >= 0.3 is 0 Å². The molecule has 2 aromatic rings. The van der Waals surface area contributed by atoms with Crippen molar-refractivity contribution in [3.63, 3.8) is 0 Å². The van der Waals surface area contributed by atoms with Crippen LogP contribution in [0.2, 0.25) is 0 Å². The summed E-state index contributed by atoms with van der Waals surface area (Å²) in [7, 11) is 1.88. The van der Waals surface area contributed by atoms with Gasteiger partial charge in [0.2, 0.25) is 0 Å². The Balaban J connectivity index is 2.40. The van der Waals surface area contributed by atoms with Crippen molar-refractivity contribution in [3.05, 3.63) is 50.7 Å². The molecule has 0 aliphatic rings. The number of rotatable bonds is 2. The molecule has 3 nitrogen and oxygen atoms in total. The Kier molecular flexibility index (Phi) is 3.47. The van der Waals surface area contributed by atoms with E-state index < -0.39 is 0 Å². The fourth-order valence-corrected chi connectivity index (χ4v) is 2.38. The first-order chi connectivity index (χ1) is 7.58. The summed E-state index contributed by atoms with van der Waals surface area (Å²) in [4.78, 5) is 0. The Bertz CT molecular complexity index is 508. The number of halogens is 2. The third-order valence-electron chi connectivity index (χ3n) is 2.35. The topological polar surface area (TPSA) is 43.8 Å². The van der Waals surface area contributed by atoms with Crippen LogP contribution < -0.4 is 5.73 Å². The van der Waals surface area contributed by atoms with Crippen molar-refractivity contribution >= 4 is 31.9 Å². The minimum atomic E-state index is -0.215. The predicted molar refractivity (Wildman–Crippen MR) is 71.1 cm³/mol. The zero-order valence-corrected chi connectivity index (χ0v) is 11.9. The van der Waals surface area contributed by atoms with E-state index in [2.05, 4.69) is 37.0 Å². The summed E-state index contributed by atoms with van der Waals surface area (Å²) in [6.45, 7) is 0. The lowest BCUT2D eigenvalue weighted by atomic mass is 10.1. The van der Waals surface area contributed by atoms with E-state index in [9.17, 15) is 0 Å². The molecule has 84 valence electrons. The van der Waals surface area contributed by atoms with Crippen molar-refractivity contribution in [3.8, 4) is 0 Å². The summed E-state index contributed by atoms with van der Waals surface area (Å²) in [5.74, 6) is 0. The first-order valence-electron chi connectivity index (χ1n) is 4.78. The highest BCUT2D eigenvalue weighted by molar-refractivity contribution is 9.11.